The van der Waals surface area contributed by atoms with Gasteiger partial charge in [-0.05, 0) is 44.4 Å². The van der Waals surface area contributed by atoms with Crippen LogP contribution in [0.4, 0.5) is 0 Å². The summed E-state index contributed by atoms with van der Waals surface area (Å²) in [4.78, 5) is 0. The van der Waals surface area contributed by atoms with E-state index in [9.17, 15) is 8.42 Å². The number of sulfone groups is 1. The average molecular weight is 276 g/mol. The van der Waals surface area contributed by atoms with Crippen molar-refractivity contribution < 1.29 is 13.2 Å². The summed E-state index contributed by atoms with van der Waals surface area (Å²) in [6.07, 6.45) is 6.56. The highest BCUT2D eigenvalue weighted by molar-refractivity contribution is 7.91. The molecular weight excluding hydrogens is 252 g/mol. The molecule has 2 rings (SSSR count). The van der Waals surface area contributed by atoms with E-state index in [1.807, 2.05) is 0 Å². The Morgan fingerprint density at radius 3 is 2.78 bits per heavy atom. The molecule has 2 aliphatic heterocycles. The van der Waals surface area contributed by atoms with Gasteiger partial charge >= 0.3 is 0 Å². The van der Waals surface area contributed by atoms with Gasteiger partial charge in [-0.1, -0.05) is 0 Å². The third-order valence-corrected chi connectivity index (χ3v) is 5.91. The lowest BCUT2D eigenvalue weighted by atomic mass is 9.94. The van der Waals surface area contributed by atoms with Crippen LogP contribution in [0.5, 0.6) is 0 Å². The van der Waals surface area contributed by atoms with E-state index in [0.29, 0.717) is 17.6 Å². The van der Waals surface area contributed by atoms with Gasteiger partial charge in [0.25, 0.3) is 0 Å². The minimum atomic E-state index is -2.81. The van der Waals surface area contributed by atoms with Crippen LogP contribution in [0, 0.1) is 5.92 Å². The summed E-state index contributed by atoms with van der Waals surface area (Å²) in [6.45, 7) is 0.893. The third kappa shape index (κ3) is 3.91. The molecule has 106 valence electrons. The first kappa shape index (κ1) is 14.2. The summed E-state index contributed by atoms with van der Waals surface area (Å²) < 4.78 is 28.5. The Morgan fingerprint density at radius 2 is 2.22 bits per heavy atom. The van der Waals surface area contributed by atoms with Crippen LogP contribution in [0.2, 0.25) is 0 Å². The molecule has 5 nitrogen and oxygen atoms in total. The number of hydrogen-bond acceptors (Lipinski definition) is 5. The van der Waals surface area contributed by atoms with Crippen molar-refractivity contribution in [1.29, 1.82) is 0 Å². The quantitative estimate of drug-likeness (QED) is 0.548. The maximum Gasteiger partial charge on any atom is 0.150 e. The van der Waals surface area contributed by atoms with E-state index in [1.54, 1.807) is 0 Å². The lowest BCUT2D eigenvalue weighted by Gasteiger charge is -2.22. The number of hydrazine groups is 1. The summed E-state index contributed by atoms with van der Waals surface area (Å²) in [5.74, 6) is 6.36. The predicted octanol–water partition coefficient (Wildman–Crippen LogP) is 0.602. The number of hydrogen-bond donors (Lipinski definition) is 2. The van der Waals surface area contributed by atoms with Gasteiger partial charge < -0.3 is 4.74 Å². The Labute approximate surface area is 109 Å². The normalized spacial score (nSPS) is 32.7. The van der Waals surface area contributed by atoms with Crippen LogP contribution in [0.1, 0.15) is 38.5 Å². The fraction of sp³-hybridized carbons (Fsp3) is 1.00. The van der Waals surface area contributed by atoms with Gasteiger partial charge in [-0.25, -0.2) is 8.42 Å². The summed E-state index contributed by atoms with van der Waals surface area (Å²) in [6, 6.07) is 0.128. The summed E-state index contributed by atoms with van der Waals surface area (Å²) in [5, 5.41) is 0. The second-order valence-corrected chi connectivity index (χ2v) is 7.73. The first-order valence-electron chi connectivity index (χ1n) is 6.89. The molecular formula is C12H24N2O3S. The lowest BCUT2D eigenvalue weighted by molar-refractivity contribution is 0.100. The molecule has 6 heteroatoms. The summed E-state index contributed by atoms with van der Waals surface area (Å²) in [7, 11) is -2.81. The minimum absolute atomic E-state index is 0.128. The third-order valence-electron chi connectivity index (χ3n) is 4.12. The second-order valence-electron chi connectivity index (χ2n) is 5.50. The van der Waals surface area contributed by atoms with Gasteiger partial charge in [0.1, 0.15) is 0 Å². The first-order chi connectivity index (χ1) is 8.61. The summed E-state index contributed by atoms with van der Waals surface area (Å²) >= 11 is 0. The van der Waals surface area contributed by atoms with Gasteiger partial charge in [-0.2, -0.15) is 0 Å². The van der Waals surface area contributed by atoms with Crippen molar-refractivity contribution in [2.75, 3.05) is 18.1 Å². The fourth-order valence-corrected chi connectivity index (χ4v) is 4.91. The molecule has 0 bridgehead atoms. The highest BCUT2D eigenvalue weighted by Crippen LogP contribution is 2.25. The number of nitrogens with one attached hydrogen (secondary N) is 1. The Kier molecular flexibility index (Phi) is 5.00. The molecule has 3 unspecified atom stereocenters. The van der Waals surface area contributed by atoms with Crippen LogP contribution >= 0.6 is 0 Å². The fourth-order valence-electron chi connectivity index (χ4n) is 3.03. The van der Waals surface area contributed by atoms with Crippen LogP contribution < -0.4 is 11.3 Å². The molecule has 0 radical (unpaired) electrons. The van der Waals surface area contributed by atoms with E-state index in [2.05, 4.69) is 5.43 Å². The lowest BCUT2D eigenvalue weighted by Crippen LogP contribution is -2.41. The molecule has 2 aliphatic rings. The number of nitrogens with two attached hydrogens (primary N) is 1. The monoisotopic (exact) mass is 276 g/mol. The largest absolute Gasteiger partial charge is 0.378 e. The van der Waals surface area contributed by atoms with Crippen molar-refractivity contribution in [1.82, 2.24) is 5.43 Å². The van der Waals surface area contributed by atoms with Crippen LogP contribution in [-0.2, 0) is 14.6 Å². The van der Waals surface area contributed by atoms with Crippen molar-refractivity contribution in [2.24, 2.45) is 11.8 Å². The maximum absolute atomic E-state index is 11.5. The van der Waals surface area contributed by atoms with Crippen LogP contribution in [0.15, 0.2) is 0 Å². The van der Waals surface area contributed by atoms with Gasteiger partial charge in [0, 0.05) is 12.6 Å². The van der Waals surface area contributed by atoms with Crippen molar-refractivity contribution in [3.63, 3.8) is 0 Å². The molecule has 18 heavy (non-hydrogen) atoms. The molecule has 0 spiro atoms. The minimum Gasteiger partial charge on any atom is -0.378 e. The smallest absolute Gasteiger partial charge is 0.150 e. The van der Waals surface area contributed by atoms with Gasteiger partial charge in [-0.3, -0.25) is 11.3 Å². The zero-order valence-corrected chi connectivity index (χ0v) is 11.6. The molecule has 0 aliphatic carbocycles. The van der Waals surface area contributed by atoms with E-state index in [-0.39, 0.29) is 12.0 Å². The van der Waals surface area contributed by atoms with E-state index < -0.39 is 9.84 Å². The highest BCUT2D eigenvalue weighted by Gasteiger charge is 2.33. The standard InChI is InChI=1S/C12H24N2O3S/c13-14-12(10-6-8-18(15,16)9-10)5-1-3-11-4-2-7-17-11/h10-12,14H,1-9,13H2. The molecule has 0 aromatic heterocycles. The van der Waals surface area contributed by atoms with E-state index in [4.69, 9.17) is 10.6 Å². The molecule has 0 aromatic carbocycles. The molecule has 3 N–H and O–H groups in total. The maximum atomic E-state index is 11.5. The van der Waals surface area contributed by atoms with E-state index >= 15 is 0 Å². The molecule has 2 heterocycles. The van der Waals surface area contributed by atoms with E-state index in [0.717, 1.165) is 32.3 Å². The van der Waals surface area contributed by atoms with Crippen molar-refractivity contribution in [3.8, 4) is 0 Å². The Hall–Kier alpha value is -0.170. The average Bonchev–Trinajstić information content (AvgIpc) is 2.94. The zero-order valence-electron chi connectivity index (χ0n) is 10.8. The van der Waals surface area contributed by atoms with Crippen LogP contribution in [0.3, 0.4) is 0 Å². The zero-order chi connectivity index (χ0) is 13.0. The van der Waals surface area contributed by atoms with Crippen LogP contribution in [-0.4, -0.2) is 38.7 Å². The number of ether oxygens (including phenoxy) is 1. The van der Waals surface area contributed by atoms with Gasteiger partial charge in [0.05, 0.1) is 17.6 Å². The molecule has 0 amide bonds. The second kappa shape index (κ2) is 6.32. The van der Waals surface area contributed by atoms with Gasteiger partial charge in [-0.15, -0.1) is 0 Å². The predicted molar refractivity (Wildman–Crippen MR) is 70.7 cm³/mol. The highest BCUT2D eigenvalue weighted by atomic mass is 32.2. The molecule has 0 aromatic rings. The SMILES string of the molecule is NNC(CCCC1CCCO1)C1CCS(=O)(=O)C1. The Bertz CT molecular complexity index is 352. The Balaban J connectivity index is 1.72. The van der Waals surface area contributed by atoms with E-state index in [1.165, 1.54) is 12.8 Å². The summed E-state index contributed by atoms with van der Waals surface area (Å²) in [5.41, 5.74) is 2.80. The first-order valence-corrected chi connectivity index (χ1v) is 8.71. The Morgan fingerprint density at radius 1 is 1.39 bits per heavy atom. The van der Waals surface area contributed by atoms with Gasteiger partial charge in [0.15, 0.2) is 9.84 Å². The molecule has 0 saturated carbocycles. The van der Waals surface area contributed by atoms with Gasteiger partial charge in [0.2, 0.25) is 0 Å². The molecule has 2 fully saturated rings. The van der Waals surface area contributed by atoms with Crippen molar-refractivity contribution in [3.05, 3.63) is 0 Å². The number of rotatable bonds is 6. The molecule has 2 saturated heterocycles. The topological polar surface area (TPSA) is 81.4 Å². The van der Waals surface area contributed by atoms with Crippen molar-refractivity contribution in [2.45, 2.75) is 50.7 Å². The van der Waals surface area contributed by atoms with Crippen molar-refractivity contribution >= 4 is 9.84 Å². The molecule has 3 atom stereocenters. The van der Waals surface area contributed by atoms with Crippen LogP contribution in [0.25, 0.3) is 0 Å².